The second kappa shape index (κ2) is 5.24. The molecule has 2 aromatic rings. The zero-order chi connectivity index (χ0) is 14.9. The van der Waals surface area contributed by atoms with Crippen molar-refractivity contribution in [3.8, 4) is 0 Å². The average Bonchev–Trinajstić information content (AvgIpc) is 2.71. The van der Waals surface area contributed by atoms with Crippen molar-refractivity contribution in [2.45, 2.75) is 26.8 Å². The molecule has 2 rings (SSSR count). The van der Waals surface area contributed by atoms with Crippen LogP contribution in [0.5, 0.6) is 0 Å². The molecule has 0 radical (unpaired) electrons. The zero-order valence-corrected chi connectivity index (χ0v) is 11.6. The van der Waals surface area contributed by atoms with Crippen molar-refractivity contribution in [1.29, 1.82) is 0 Å². The molecule has 1 unspecified atom stereocenters. The largest absolute Gasteiger partial charge is 0.478 e. The Morgan fingerprint density at radius 2 is 2.15 bits per heavy atom. The number of aromatic carboxylic acids is 1. The van der Waals surface area contributed by atoms with Crippen molar-refractivity contribution in [1.82, 2.24) is 5.16 Å². The monoisotopic (exact) mass is 275 g/mol. The standard InChI is InChI=1S/C14H17N3O3/c1-7(13-8(2)17-20-9(13)3)16-12-5-4-10(14(18)19)6-11(12)15/h4-7,16H,15H2,1-3H3,(H,18,19). The van der Waals surface area contributed by atoms with Gasteiger partial charge in [0.25, 0.3) is 0 Å². The van der Waals surface area contributed by atoms with Crippen molar-refractivity contribution in [2.75, 3.05) is 11.1 Å². The van der Waals surface area contributed by atoms with Crippen LogP contribution in [0.2, 0.25) is 0 Å². The van der Waals surface area contributed by atoms with E-state index in [-0.39, 0.29) is 11.6 Å². The highest BCUT2D eigenvalue weighted by Crippen LogP contribution is 2.28. The van der Waals surface area contributed by atoms with Gasteiger partial charge in [0.1, 0.15) is 5.76 Å². The van der Waals surface area contributed by atoms with Gasteiger partial charge in [-0.3, -0.25) is 0 Å². The maximum absolute atomic E-state index is 10.9. The lowest BCUT2D eigenvalue weighted by Gasteiger charge is -2.17. The third-order valence-corrected chi connectivity index (χ3v) is 3.19. The van der Waals surface area contributed by atoms with Crippen molar-refractivity contribution in [2.24, 2.45) is 0 Å². The van der Waals surface area contributed by atoms with E-state index in [1.807, 2.05) is 20.8 Å². The van der Waals surface area contributed by atoms with Gasteiger partial charge < -0.3 is 20.7 Å². The van der Waals surface area contributed by atoms with Gasteiger partial charge in [-0.1, -0.05) is 5.16 Å². The molecule has 0 aliphatic carbocycles. The van der Waals surface area contributed by atoms with Crippen LogP contribution in [0.3, 0.4) is 0 Å². The summed E-state index contributed by atoms with van der Waals surface area (Å²) >= 11 is 0. The van der Waals surface area contributed by atoms with Crippen molar-refractivity contribution >= 4 is 17.3 Å². The van der Waals surface area contributed by atoms with Crippen LogP contribution in [0.25, 0.3) is 0 Å². The number of rotatable bonds is 4. The van der Waals surface area contributed by atoms with Crippen LogP contribution in [0.15, 0.2) is 22.7 Å². The van der Waals surface area contributed by atoms with Gasteiger partial charge >= 0.3 is 5.97 Å². The highest BCUT2D eigenvalue weighted by atomic mass is 16.5. The molecule has 1 aromatic carbocycles. The summed E-state index contributed by atoms with van der Waals surface area (Å²) in [5.74, 6) is -0.245. The molecule has 20 heavy (non-hydrogen) atoms. The molecule has 0 saturated heterocycles. The Labute approximate surface area is 116 Å². The number of nitrogens with one attached hydrogen (secondary N) is 1. The van der Waals surface area contributed by atoms with E-state index in [1.165, 1.54) is 12.1 Å². The molecule has 0 aliphatic rings. The van der Waals surface area contributed by atoms with Crippen molar-refractivity contribution in [3.63, 3.8) is 0 Å². The van der Waals surface area contributed by atoms with Crippen LogP contribution in [0.4, 0.5) is 11.4 Å². The molecular formula is C14H17N3O3. The van der Waals surface area contributed by atoms with E-state index >= 15 is 0 Å². The average molecular weight is 275 g/mol. The highest BCUT2D eigenvalue weighted by Gasteiger charge is 2.17. The molecule has 0 spiro atoms. The minimum absolute atomic E-state index is 0.0424. The number of carboxylic acids is 1. The predicted molar refractivity (Wildman–Crippen MR) is 75.8 cm³/mol. The number of hydrogen-bond donors (Lipinski definition) is 3. The summed E-state index contributed by atoms with van der Waals surface area (Å²) in [5.41, 5.74) is 8.91. The van der Waals surface area contributed by atoms with Gasteiger partial charge in [0.2, 0.25) is 0 Å². The quantitative estimate of drug-likeness (QED) is 0.741. The van der Waals surface area contributed by atoms with Gasteiger partial charge in [-0.15, -0.1) is 0 Å². The molecule has 4 N–H and O–H groups in total. The number of hydrogen-bond acceptors (Lipinski definition) is 5. The fourth-order valence-corrected chi connectivity index (χ4v) is 2.24. The number of anilines is 2. The third kappa shape index (κ3) is 2.59. The summed E-state index contributed by atoms with van der Waals surface area (Å²) in [6, 6.07) is 4.57. The first-order valence-electron chi connectivity index (χ1n) is 6.22. The Hall–Kier alpha value is -2.50. The first-order valence-corrected chi connectivity index (χ1v) is 6.22. The summed E-state index contributed by atoms with van der Waals surface area (Å²) in [6.45, 7) is 5.70. The molecule has 106 valence electrons. The lowest BCUT2D eigenvalue weighted by molar-refractivity contribution is 0.0697. The van der Waals surface area contributed by atoms with Gasteiger partial charge in [0, 0.05) is 5.56 Å². The molecule has 6 heteroatoms. The normalized spacial score (nSPS) is 12.2. The lowest BCUT2D eigenvalue weighted by Crippen LogP contribution is -2.10. The minimum atomic E-state index is -0.998. The maximum atomic E-state index is 10.9. The Balaban J connectivity index is 2.24. The van der Waals surface area contributed by atoms with Crippen LogP contribution >= 0.6 is 0 Å². The summed E-state index contributed by atoms with van der Waals surface area (Å²) in [7, 11) is 0. The fraction of sp³-hybridized carbons (Fsp3) is 0.286. The Bertz CT molecular complexity index is 630. The zero-order valence-electron chi connectivity index (χ0n) is 11.6. The number of nitrogens with two attached hydrogens (primary N) is 1. The van der Waals surface area contributed by atoms with E-state index in [9.17, 15) is 4.79 Å². The van der Waals surface area contributed by atoms with E-state index in [1.54, 1.807) is 6.07 Å². The molecule has 0 bridgehead atoms. The lowest BCUT2D eigenvalue weighted by atomic mass is 10.1. The first kappa shape index (κ1) is 13.9. The molecule has 1 aromatic heterocycles. The smallest absolute Gasteiger partial charge is 0.335 e. The summed E-state index contributed by atoms with van der Waals surface area (Å²) < 4.78 is 5.14. The van der Waals surface area contributed by atoms with Gasteiger partial charge in [0.05, 0.1) is 28.7 Å². The van der Waals surface area contributed by atoms with E-state index in [0.717, 1.165) is 17.0 Å². The molecular weight excluding hydrogens is 258 g/mol. The molecule has 1 atom stereocenters. The van der Waals surface area contributed by atoms with Crippen molar-refractivity contribution in [3.05, 3.63) is 40.8 Å². The van der Waals surface area contributed by atoms with Gasteiger partial charge in [-0.25, -0.2) is 4.79 Å². The van der Waals surface area contributed by atoms with E-state index in [4.69, 9.17) is 15.4 Å². The Morgan fingerprint density at radius 1 is 1.45 bits per heavy atom. The van der Waals surface area contributed by atoms with Crippen LogP contribution in [0, 0.1) is 13.8 Å². The summed E-state index contributed by atoms with van der Waals surface area (Å²) in [5, 5.41) is 16.1. The van der Waals surface area contributed by atoms with Crippen LogP contribution in [-0.4, -0.2) is 16.2 Å². The molecule has 0 fully saturated rings. The number of benzene rings is 1. The van der Waals surface area contributed by atoms with Gasteiger partial charge in [-0.2, -0.15) is 0 Å². The molecule has 1 heterocycles. The highest BCUT2D eigenvalue weighted by molar-refractivity contribution is 5.90. The molecule has 0 aliphatic heterocycles. The molecule has 0 saturated carbocycles. The van der Waals surface area contributed by atoms with Gasteiger partial charge in [-0.05, 0) is 39.0 Å². The minimum Gasteiger partial charge on any atom is -0.478 e. The predicted octanol–water partition coefficient (Wildman–Crippen LogP) is 2.74. The third-order valence-electron chi connectivity index (χ3n) is 3.19. The number of nitrogens with zero attached hydrogens (tertiary/aromatic N) is 1. The number of aromatic nitrogens is 1. The van der Waals surface area contributed by atoms with Crippen LogP contribution in [-0.2, 0) is 0 Å². The van der Waals surface area contributed by atoms with E-state index in [2.05, 4.69) is 10.5 Å². The van der Waals surface area contributed by atoms with Crippen LogP contribution < -0.4 is 11.1 Å². The summed E-state index contributed by atoms with van der Waals surface area (Å²) in [6.07, 6.45) is 0. The SMILES string of the molecule is Cc1noc(C)c1C(C)Nc1ccc(C(=O)O)cc1N. The first-order chi connectivity index (χ1) is 9.40. The van der Waals surface area contributed by atoms with E-state index < -0.39 is 5.97 Å². The van der Waals surface area contributed by atoms with E-state index in [0.29, 0.717) is 11.4 Å². The number of nitrogen functional groups attached to an aromatic ring is 1. The van der Waals surface area contributed by atoms with Crippen molar-refractivity contribution < 1.29 is 14.4 Å². The van der Waals surface area contributed by atoms with Crippen LogP contribution in [0.1, 0.15) is 40.3 Å². The second-order valence-corrected chi connectivity index (χ2v) is 4.71. The molecule has 6 nitrogen and oxygen atoms in total. The fourth-order valence-electron chi connectivity index (χ4n) is 2.24. The number of carboxylic acid groups (broad SMARTS) is 1. The Kier molecular flexibility index (Phi) is 3.65. The Morgan fingerprint density at radius 3 is 2.65 bits per heavy atom. The molecule has 0 amide bonds. The number of aryl methyl sites for hydroxylation is 2. The second-order valence-electron chi connectivity index (χ2n) is 4.71. The summed E-state index contributed by atoms with van der Waals surface area (Å²) in [4.78, 5) is 10.9. The topological polar surface area (TPSA) is 101 Å². The number of carbonyl (C=O) groups is 1. The maximum Gasteiger partial charge on any atom is 0.335 e. The van der Waals surface area contributed by atoms with Gasteiger partial charge in [0.15, 0.2) is 0 Å².